The maximum absolute atomic E-state index is 5.83. The Morgan fingerprint density at radius 1 is 1.07 bits per heavy atom. The molecular formula is C12H28N2. The summed E-state index contributed by atoms with van der Waals surface area (Å²) < 4.78 is 0. The average Bonchev–Trinajstić information content (AvgIpc) is 2.18. The molecule has 0 aromatic rings. The number of nitrogens with two attached hydrogens (primary N) is 1. The van der Waals surface area contributed by atoms with Crippen LogP contribution in [0.3, 0.4) is 0 Å². The van der Waals surface area contributed by atoms with Crippen LogP contribution in [0, 0.1) is 5.41 Å². The van der Waals surface area contributed by atoms with E-state index in [0.717, 1.165) is 13.1 Å². The fourth-order valence-corrected chi connectivity index (χ4v) is 1.76. The van der Waals surface area contributed by atoms with Gasteiger partial charge in [-0.25, -0.2) is 0 Å². The first kappa shape index (κ1) is 13.9. The van der Waals surface area contributed by atoms with Crippen molar-refractivity contribution in [3.8, 4) is 0 Å². The fraction of sp³-hybridized carbons (Fsp3) is 1.00. The zero-order valence-corrected chi connectivity index (χ0v) is 10.5. The lowest BCUT2D eigenvalue weighted by atomic mass is 9.87. The molecule has 2 N–H and O–H groups in total. The lowest BCUT2D eigenvalue weighted by Crippen LogP contribution is -2.41. The number of rotatable bonds is 8. The van der Waals surface area contributed by atoms with Gasteiger partial charge in [-0.05, 0) is 44.3 Å². The summed E-state index contributed by atoms with van der Waals surface area (Å²) in [4.78, 5) is 2.55. The monoisotopic (exact) mass is 200 g/mol. The standard InChI is InChI=1S/C12H28N2/c1-5-8-14(9-6-2)11-12(4,7-3)10-13/h5-11,13H2,1-4H3. The van der Waals surface area contributed by atoms with Gasteiger partial charge in [0, 0.05) is 6.54 Å². The molecule has 0 aliphatic carbocycles. The van der Waals surface area contributed by atoms with Crippen LogP contribution in [0.5, 0.6) is 0 Å². The molecule has 0 saturated heterocycles. The molecule has 0 heterocycles. The van der Waals surface area contributed by atoms with Gasteiger partial charge in [0.05, 0.1) is 0 Å². The molecule has 0 saturated carbocycles. The zero-order valence-electron chi connectivity index (χ0n) is 10.5. The van der Waals surface area contributed by atoms with Gasteiger partial charge in [0.2, 0.25) is 0 Å². The topological polar surface area (TPSA) is 29.3 Å². The van der Waals surface area contributed by atoms with Crippen LogP contribution in [0.4, 0.5) is 0 Å². The van der Waals surface area contributed by atoms with Gasteiger partial charge >= 0.3 is 0 Å². The Kier molecular flexibility index (Phi) is 7.20. The van der Waals surface area contributed by atoms with E-state index >= 15 is 0 Å². The van der Waals surface area contributed by atoms with Gasteiger partial charge in [-0.1, -0.05) is 27.7 Å². The van der Waals surface area contributed by atoms with Crippen molar-refractivity contribution in [3.05, 3.63) is 0 Å². The molecule has 0 aromatic carbocycles. The van der Waals surface area contributed by atoms with Crippen molar-refractivity contribution in [1.29, 1.82) is 0 Å². The van der Waals surface area contributed by atoms with Crippen LogP contribution < -0.4 is 5.73 Å². The second kappa shape index (κ2) is 7.24. The summed E-state index contributed by atoms with van der Waals surface area (Å²) in [5, 5.41) is 0. The van der Waals surface area contributed by atoms with Gasteiger partial charge in [0.15, 0.2) is 0 Å². The van der Waals surface area contributed by atoms with Gasteiger partial charge in [0.1, 0.15) is 0 Å². The van der Waals surface area contributed by atoms with E-state index in [0.29, 0.717) is 5.41 Å². The highest BCUT2D eigenvalue weighted by Gasteiger charge is 2.22. The molecule has 0 aromatic heterocycles. The van der Waals surface area contributed by atoms with Gasteiger partial charge in [-0.3, -0.25) is 0 Å². The molecule has 0 aliphatic heterocycles. The minimum absolute atomic E-state index is 0.310. The normalized spacial score (nSPS) is 15.9. The number of hydrogen-bond donors (Lipinski definition) is 1. The quantitative estimate of drug-likeness (QED) is 0.652. The molecular weight excluding hydrogens is 172 g/mol. The molecule has 1 unspecified atom stereocenters. The van der Waals surface area contributed by atoms with Crippen molar-refractivity contribution in [2.75, 3.05) is 26.2 Å². The summed E-state index contributed by atoms with van der Waals surface area (Å²) in [6.07, 6.45) is 3.65. The van der Waals surface area contributed by atoms with Gasteiger partial charge in [-0.15, -0.1) is 0 Å². The van der Waals surface area contributed by atoms with Crippen LogP contribution in [0.2, 0.25) is 0 Å². The first-order chi connectivity index (χ1) is 6.61. The van der Waals surface area contributed by atoms with E-state index in [1.807, 2.05) is 0 Å². The molecule has 2 nitrogen and oxygen atoms in total. The summed E-state index contributed by atoms with van der Waals surface area (Å²) in [7, 11) is 0. The van der Waals surface area contributed by atoms with Crippen LogP contribution in [0.1, 0.15) is 47.0 Å². The Balaban J connectivity index is 4.10. The van der Waals surface area contributed by atoms with E-state index in [1.165, 1.54) is 32.4 Å². The van der Waals surface area contributed by atoms with Crippen molar-refractivity contribution in [2.24, 2.45) is 11.1 Å². The smallest absolute Gasteiger partial charge is 0.00473 e. The number of hydrogen-bond acceptors (Lipinski definition) is 2. The first-order valence-corrected chi connectivity index (χ1v) is 6.04. The lowest BCUT2D eigenvalue weighted by molar-refractivity contribution is 0.164. The van der Waals surface area contributed by atoms with E-state index in [4.69, 9.17) is 5.73 Å². The van der Waals surface area contributed by atoms with E-state index in [1.54, 1.807) is 0 Å². The van der Waals surface area contributed by atoms with Crippen molar-refractivity contribution in [1.82, 2.24) is 4.90 Å². The predicted octanol–water partition coefficient (Wildman–Crippen LogP) is 2.48. The Morgan fingerprint density at radius 2 is 1.57 bits per heavy atom. The van der Waals surface area contributed by atoms with Crippen molar-refractivity contribution in [2.45, 2.75) is 47.0 Å². The molecule has 0 fully saturated rings. The highest BCUT2D eigenvalue weighted by molar-refractivity contribution is 4.77. The second-order valence-electron chi connectivity index (χ2n) is 4.64. The Hall–Kier alpha value is -0.0800. The highest BCUT2D eigenvalue weighted by atomic mass is 15.1. The minimum atomic E-state index is 0.310. The Bertz CT molecular complexity index is 124. The Labute approximate surface area is 89.9 Å². The van der Waals surface area contributed by atoms with E-state index in [-0.39, 0.29) is 0 Å². The van der Waals surface area contributed by atoms with Crippen LogP contribution in [0.15, 0.2) is 0 Å². The SMILES string of the molecule is CCCN(CCC)CC(C)(CC)CN. The lowest BCUT2D eigenvalue weighted by Gasteiger charge is -2.33. The summed E-state index contributed by atoms with van der Waals surface area (Å²) >= 11 is 0. The third-order valence-electron chi connectivity index (χ3n) is 3.03. The number of nitrogens with zero attached hydrogens (tertiary/aromatic N) is 1. The van der Waals surface area contributed by atoms with Crippen LogP contribution in [-0.2, 0) is 0 Å². The van der Waals surface area contributed by atoms with Gasteiger partial charge < -0.3 is 10.6 Å². The van der Waals surface area contributed by atoms with Crippen LogP contribution >= 0.6 is 0 Å². The molecule has 0 spiro atoms. The molecule has 0 radical (unpaired) electrons. The summed E-state index contributed by atoms with van der Waals surface area (Å²) in [6.45, 7) is 13.4. The van der Waals surface area contributed by atoms with E-state index in [2.05, 4.69) is 32.6 Å². The Morgan fingerprint density at radius 3 is 1.86 bits per heavy atom. The molecule has 86 valence electrons. The van der Waals surface area contributed by atoms with Crippen molar-refractivity contribution >= 4 is 0 Å². The van der Waals surface area contributed by atoms with E-state index in [9.17, 15) is 0 Å². The van der Waals surface area contributed by atoms with Crippen LogP contribution in [0.25, 0.3) is 0 Å². The van der Waals surface area contributed by atoms with Crippen LogP contribution in [-0.4, -0.2) is 31.1 Å². The summed E-state index contributed by atoms with van der Waals surface area (Å²) in [5.74, 6) is 0. The molecule has 14 heavy (non-hydrogen) atoms. The first-order valence-electron chi connectivity index (χ1n) is 6.04. The molecule has 0 bridgehead atoms. The maximum atomic E-state index is 5.83. The van der Waals surface area contributed by atoms with Crippen molar-refractivity contribution < 1.29 is 0 Å². The molecule has 2 heteroatoms. The highest BCUT2D eigenvalue weighted by Crippen LogP contribution is 2.20. The molecule has 0 aliphatic rings. The predicted molar refractivity (Wildman–Crippen MR) is 64.5 cm³/mol. The molecule has 0 rings (SSSR count). The second-order valence-corrected chi connectivity index (χ2v) is 4.64. The van der Waals surface area contributed by atoms with Gasteiger partial charge in [0.25, 0.3) is 0 Å². The summed E-state index contributed by atoms with van der Waals surface area (Å²) in [5.41, 5.74) is 6.14. The molecule has 0 amide bonds. The third-order valence-corrected chi connectivity index (χ3v) is 3.03. The van der Waals surface area contributed by atoms with Gasteiger partial charge in [-0.2, -0.15) is 0 Å². The third kappa shape index (κ3) is 4.97. The molecule has 1 atom stereocenters. The largest absolute Gasteiger partial charge is 0.330 e. The minimum Gasteiger partial charge on any atom is -0.330 e. The fourth-order valence-electron chi connectivity index (χ4n) is 1.76. The van der Waals surface area contributed by atoms with Crippen molar-refractivity contribution in [3.63, 3.8) is 0 Å². The van der Waals surface area contributed by atoms with E-state index < -0.39 is 0 Å². The zero-order chi connectivity index (χ0) is 11.0. The maximum Gasteiger partial charge on any atom is 0.00473 e. The average molecular weight is 200 g/mol. The summed E-state index contributed by atoms with van der Waals surface area (Å²) in [6, 6.07) is 0.